The van der Waals surface area contributed by atoms with E-state index in [1.165, 1.54) is 11.1 Å². The third-order valence-electron chi connectivity index (χ3n) is 3.66. The lowest BCUT2D eigenvalue weighted by molar-refractivity contribution is 0.616. The van der Waals surface area contributed by atoms with Crippen molar-refractivity contribution in [1.29, 1.82) is 0 Å². The molecule has 0 aliphatic rings. The van der Waals surface area contributed by atoms with Crippen molar-refractivity contribution < 1.29 is 4.42 Å². The van der Waals surface area contributed by atoms with Gasteiger partial charge in [0.25, 0.3) is 0 Å². The fourth-order valence-corrected chi connectivity index (χ4v) is 2.74. The molecule has 2 heterocycles. The second kappa shape index (κ2) is 5.32. The number of furan rings is 1. The van der Waals surface area contributed by atoms with E-state index in [9.17, 15) is 0 Å². The molecule has 106 valence electrons. The maximum atomic E-state index is 5.96. The first-order chi connectivity index (χ1) is 10.8. The van der Waals surface area contributed by atoms with Gasteiger partial charge in [0.05, 0.1) is 5.02 Å². The van der Waals surface area contributed by atoms with Gasteiger partial charge in [0, 0.05) is 17.8 Å². The zero-order valence-corrected chi connectivity index (χ0v) is 12.4. The first-order valence-electron chi connectivity index (χ1n) is 7.00. The minimum atomic E-state index is 0.575. The highest BCUT2D eigenvalue weighted by atomic mass is 35.5. The molecular weight excluding hydrogens is 294 g/mol. The standard InChI is InChI=1S/C19H12ClNO/c20-16-10-18-19(21-11-16)17(12-22-18)15-8-4-7-14(9-15)13-5-2-1-3-6-13/h1-12H. The third kappa shape index (κ3) is 2.28. The van der Waals surface area contributed by atoms with E-state index in [2.05, 4.69) is 35.3 Å². The lowest BCUT2D eigenvalue weighted by Gasteiger charge is -2.04. The monoisotopic (exact) mass is 305 g/mol. The highest BCUT2D eigenvalue weighted by molar-refractivity contribution is 6.31. The fourth-order valence-electron chi connectivity index (χ4n) is 2.59. The molecule has 4 rings (SSSR count). The van der Waals surface area contributed by atoms with Crippen LogP contribution in [0.1, 0.15) is 0 Å². The predicted molar refractivity (Wildman–Crippen MR) is 89.9 cm³/mol. The molecule has 0 aliphatic heterocycles. The van der Waals surface area contributed by atoms with E-state index in [-0.39, 0.29) is 0 Å². The Morgan fingerprint density at radius 2 is 1.59 bits per heavy atom. The molecule has 0 spiro atoms. The van der Waals surface area contributed by atoms with E-state index in [4.69, 9.17) is 16.0 Å². The Bertz CT molecular complexity index is 944. The van der Waals surface area contributed by atoms with Crippen LogP contribution in [0.5, 0.6) is 0 Å². The topological polar surface area (TPSA) is 26.0 Å². The molecule has 0 fully saturated rings. The van der Waals surface area contributed by atoms with Crippen molar-refractivity contribution in [1.82, 2.24) is 4.98 Å². The summed E-state index contributed by atoms with van der Waals surface area (Å²) in [6, 6.07) is 20.5. The van der Waals surface area contributed by atoms with E-state index in [1.54, 1.807) is 18.5 Å². The minimum absolute atomic E-state index is 0.575. The van der Waals surface area contributed by atoms with Gasteiger partial charge in [-0.1, -0.05) is 60.1 Å². The molecule has 22 heavy (non-hydrogen) atoms. The molecule has 0 radical (unpaired) electrons. The largest absolute Gasteiger partial charge is 0.462 e. The van der Waals surface area contributed by atoms with Crippen molar-refractivity contribution in [3.05, 3.63) is 78.1 Å². The Morgan fingerprint density at radius 1 is 0.818 bits per heavy atom. The Balaban J connectivity index is 1.85. The SMILES string of the molecule is Clc1cnc2c(-c3cccc(-c4ccccc4)c3)coc2c1. The summed E-state index contributed by atoms with van der Waals surface area (Å²) >= 11 is 5.96. The molecule has 0 aliphatic carbocycles. The van der Waals surface area contributed by atoms with Gasteiger partial charge in [0.2, 0.25) is 0 Å². The Hall–Kier alpha value is -2.58. The summed E-state index contributed by atoms with van der Waals surface area (Å²) in [4.78, 5) is 4.39. The van der Waals surface area contributed by atoms with E-state index in [0.29, 0.717) is 10.6 Å². The van der Waals surface area contributed by atoms with Crippen LogP contribution in [0.25, 0.3) is 33.4 Å². The summed E-state index contributed by atoms with van der Waals surface area (Å²) in [5.74, 6) is 0. The maximum absolute atomic E-state index is 5.96. The number of aromatic nitrogens is 1. The summed E-state index contributed by atoms with van der Waals surface area (Å²) in [5, 5.41) is 0.575. The van der Waals surface area contributed by atoms with Crippen LogP contribution >= 0.6 is 11.6 Å². The van der Waals surface area contributed by atoms with Crippen LogP contribution in [-0.2, 0) is 0 Å². The van der Waals surface area contributed by atoms with Gasteiger partial charge in [-0.05, 0) is 22.8 Å². The highest BCUT2D eigenvalue weighted by Gasteiger charge is 2.10. The summed E-state index contributed by atoms with van der Waals surface area (Å²) in [6.07, 6.45) is 3.38. The number of fused-ring (bicyclic) bond motifs is 1. The van der Waals surface area contributed by atoms with E-state index in [0.717, 1.165) is 16.6 Å². The fraction of sp³-hybridized carbons (Fsp3) is 0. The van der Waals surface area contributed by atoms with Gasteiger partial charge in [-0.25, -0.2) is 0 Å². The molecule has 0 atom stereocenters. The van der Waals surface area contributed by atoms with E-state index < -0.39 is 0 Å². The number of benzene rings is 2. The Labute approximate surface area is 133 Å². The summed E-state index contributed by atoms with van der Waals surface area (Å²) in [6.45, 7) is 0. The lowest BCUT2D eigenvalue weighted by Crippen LogP contribution is -1.81. The number of rotatable bonds is 2. The van der Waals surface area contributed by atoms with Gasteiger partial charge in [0.15, 0.2) is 5.58 Å². The first-order valence-corrected chi connectivity index (χ1v) is 7.38. The molecule has 0 bridgehead atoms. The second-order valence-corrected chi connectivity index (χ2v) is 5.53. The predicted octanol–water partition coefficient (Wildman–Crippen LogP) is 5.82. The van der Waals surface area contributed by atoms with Crippen LogP contribution in [0.2, 0.25) is 5.02 Å². The zero-order chi connectivity index (χ0) is 14.9. The van der Waals surface area contributed by atoms with Crippen molar-refractivity contribution in [2.45, 2.75) is 0 Å². The molecule has 3 heteroatoms. The quantitative estimate of drug-likeness (QED) is 0.466. The molecule has 0 N–H and O–H groups in total. The van der Waals surface area contributed by atoms with Gasteiger partial charge < -0.3 is 4.42 Å². The molecule has 2 nitrogen and oxygen atoms in total. The third-order valence-corrected chi connectivity index (χ3v) is 3.87. The van der Waals surface area contributed by atoms with Crippen LogP contribution in [0.4, 0.5) is 0 Å². The second-order valence-electron chi connectivity index (χ2n) is 5.10. The lowest BCUT2D eigenvalue weighted by atomic mass is 10.00. The number of hydrogen-bond donors (Lipinski definition) is 0. The van der Waals surface area contributed by atoms with Crippen molar-refractivity contribution in [2.24, 2.45) is 0 Å². The highest BCUT2D eigenvalue weighted by Crippen LogP contribution is 2.32. The summed E-state index contributed by atoms with van der Waals surface area (Å²) in [7, 11) is 0. The number of hydrogen-bond acceptors (Lipinski definition) is 2. The van der Waals surface area contributed by atoms with Crippen LogP contribution in [0.15, 0.2) is 77.5 Å². The molecule has 0 unspecified atom stereocenters. The number of halogens is 1. The Kier molecular flexibility index (Phi) is 3.17. The average Bonchev–Trinajstić information content (AvgIpc) is 2.99. The number of pyridine rings is 1. The number of nitrogens with zero attached hydrogens (tertiary/aromatic N) is 1. The molecule has 2 aromatic carbocycles. The summed E-state index contributed by atoms with van der Waals surface area (Å²) in [5.41, 5.74) is 5.94. The Morgan fingerprint density at radius 3 is 2.45 bits per heavy atom. The average molecular weight is 306 g/mol. The minimum Gasteiger partial charge on any atom is -0.462 e. The molecule has 4 aromatic rings. The van der Waals surface area contributed by atoms with Crippen LogP contribution in [0, 0.1) is 0 Å². The van der Waals surface area contributed by atoms with Gasteiger partial charge in [-0.15, -0.1) is 0 Å². The maximum Gasteiger partial charge on any atom is 0.154 e. The molecule has 2 aromatic heterocycles. The zero-order valence-electron chi connectivity index (χ0n) is 11.7. The van der Waals surface area contributed by atoms with Gasteiger partial charge in [-0.2, -0.15) is 0 Å². The van der Waals surface area contributed by atoms with Gasteiger partial charge >= 0.3 is 0 Å². The molecule has 0 saturated carbocycles. The summed E-state index contributed by atoms with van der Waals surface area (Å²) < 4.78 is 5.58. The molecule has 0 saturated heterocycles. The van der Waals surface area contributed by atoms with Crippen molar-refractivity contribution >= 4 is 22.7 Å². The van der Waals surface area contributed by atoms with Crippen molar-refractivity contribution in [3.63, 3.8) is 0 Å². The van der Waals surface area contributed by atoms with Crippen LogP contribution < -0.4 is 0 Å². The first kappa shape index (κ1) is 13.1. The molecule has 0 amide bonds. The molecular formula is C19H12ClNO. The van der Waals surface area contributed by atoms with E-state index >= 15 is 0 Å². The van der Waals surface area contributed by atoms with Crippen molar-refractivity contribution in [2.75, 3.05) is 0 Å². The van der Waals surface area contributed by atoms with Crippen molar-refractivity contribution in [3.8, 4) is 22.3 Å². The van der Waals surface area contributed by atoms with Gasteiger partial charge in [0.1, 0.15) is 11.8 Å². The van der Waals surface area contributed by atoms with E-state index in [1.807, 2.05) is 24.3 Å². The van der Waals surface area contributed by atoms with Crippen LogP contribution in [0.3, 0.4) is 0 Å². The van der Waals surface area contributed by atoms with Gasteiger partial charge in [-0.3, -0.25) is 4.98 Å². The normalized spacial score (nSPS) is 11.0. The smallest absolute Gasteiger partial charge is 0.154 e. The van der Waals surface area contributed by atoms with Crippen LogP contribution in [-0.4, -0.2) is 4.98 Å².